The Bertz CT molecular complexity index is 1280. The quantitative estimate of drug-likeness (QED) is 0.452. The van der Waals surface area contributed by atoms with Gasteiger partial charge in [0.2, 0.25) is 0 Å². The van der Waals surface area contributed by atoms with Crippen LogP contribution < -0.4 is 5.32 Å². The highest BCUT2D eigenvalue weighted by Crippen LogP contribution is 2.22. The lowest BCUT2D eigenvalue weighted by molar-refractivity contribution is 0.102. The molecular formula is C25H19N3O2. The van der Waals surface area contributed by atoms with Crippen LogP contribution in [0.4, 0.5) is 5.69 Å². The molecule has 3 N–H and O–H groups in total. The molecule has 4 aromatic rings. The van der Waals surface area contributed by atoms with E-state index in [9.17, 15) is 4.79 Å². The number of carbonyl (C=O) groups excluding carboxylic acids is 1. The highest BCUT2D eigenvalue weighted by Gasteiger charge is 2.08. The Labute approximate surface area is 174 Å². The molecule has 0 unspecified atom stereocenters. The number of aromatic nitrogens is 2. The Hall–Kier alpha value is -4.14. The molecule has 30 heavy (non-hydrogen) atoms. The second-order valence-electron chi connectivity index (χ2n) is 6.57. The average Bonchev–Trinajstić information content (AvgIpc) is 3.20. The number of hydrogen-bond acceptors (Lipinski definition) is 3. The number of nitrogens with zero attached hydrogens (tertiary/aromatic N) is 1. The summed E-state index contributed by atoms with van der Waals surface area (Å²) >= 11 is 0. The summed E-state index contributed by atoms with van der Waals surface area (Å²) in [6, 6.07) is 22.4. The third kappa shape index (κ3) is 4.30. The smallest absolute Gasteiger partial charge is 0.255 e. The van der Waals surface area contributed by atoms with Crippen molar-refractivity contribution < 1.29 is 9.90 Å². The van der Waals surface area contributed by atoms with Gasteiger partial charge in [-0.05, 0) is 48.0 Å². The van der Waals surface area contributed by atoms with Crippen molar-refractivity contribution in [2.75, 3.05) is 11.9 Å². The van der Waals surface area contributed by atoms with Crippen LogP contribution in [-0.2, 0) is 0 Å². The molecule has 0 saturated heterocycles. The zero-order valence-electron chi connectivity index (χ0n) is 16.1. The van der Waals surface area contributed by atoms with Gasteiger partial charge in [0, 0.05) is 22.2 Å². The molecule has 1 amide bonds. The lowest BCUT2D eigenvalue weighted by Crippen LogP contribution is -2.12. The third-order valence-corrected chi connectivity index (χ3v) is 4.57. The van der Waals surface area contributed by atoms with Crippen LogP contribution in [0, 0.1) is 11.8 Å². The summed E-state index contributed by atoms with van der Waals surface area (Å²) in [5.41, 5.74) is 4.67. The second kappa shape index (κ2) is 8.91. The van der Waals surface area contributed by atoms with Crippen LogP contribution in [0.5, 0.6) is 0 Å². The molecule has 1 heterocycles. The largest absolute Gasteiger partial charge is 0.384 e. The fourth-order valence-corrected chi connectivity index (χ4v) is 3.09. The van der Waals surface area contributed by atoms with Gasteiger partial charge in [-0.25, -0.2) is 0 Å². The zero-order valence-corrected chi connectivity index (χ0v) is 16.1. The van der Waals surface area contributed by atoms with Gasteiger partial charge >= 0.3 is 0 Å². The van der Waals surface area contributed by atoms with Gasteiger partial charge in [-0.1, -0.05) is 54.3 Å². The van der Waals surface area contributed by atoms with E-state index in [1.54, 1.807) is 12.1 Å². The number of rotatable bonds is 4. The number of hydrogen-bond donors (Lipinski definition) is 3. The lowest BCUT2D eigenvalue weighted by atomic mass is 10.1. The predicted molar refractivity (Wildman–Crippen MR) is 120 cm³/mol. The number of benzene rings is 3. The zero-order chi connectivity index (χ0) is 20.8. The Kier molecular flexibility index (Phi) is 5.70. The van der Waals surface area contributed by atoms with E-state index >= 15 is 0 Å². The standard InChI is InChI=1S/C25H19N3O2/c29-16-6-7-18-12-14-23-21(17-18)24(28-27-23)15-13-19-8-4-5-11-22(19)26-25(30)20-9-2-1-3-10-20/h1-5,8-15,17,29H,16H2,(H,26,30)(H,27,28)/b15-13+. The van der Waals surface area contributed by atoms with Crippen LogP contribution in [0.1, 0.15) is 27.2 Å². The topological polar surface area (TPSA) is 78.0 Å². The van der Waals surface area contributed by atoms with Crippen molar-refractivity contribution in [3.8, 4) is 11.8 Å². The minimum Gasteiger partial charge on any atom is -0.384 e. The number of aliphatic hydroxyl groups excluding tert-OH is 1. The molecule has 0 bridgehead atoms. The van der Waals surface area contributed by atoms with Crippen molar-refractivity contribution in [3.05, 3.63) is 95.2 Å². The highest BCUT2D eigenvalue weighted by atomic mass is 16.2. The maximum absolute atomic E-state index is 12.5. The summed E-state index contributed by atoms with van der Waals surface area (Å²) in [7, 11) is 0. The van der Waals surface area contributed by atoms with Crippen LogP contribution in [0.2, 0.25) is 0 Å². The molecule has 0 aliphatic rings. The molecular weight excluding hydrogens is 374 g/mol. The number of carbonyl (C=O) groups is 1. The van der Waals surface area contributed by atoms with E-state index in [4.69, 9.17) is 5.11 Å². The number of H-pyrrole nitrogens is 1. The van der Waals surface area contributed by atoms with E-state index in [1.165, 1.54) is 0 Å². The van der Waals surface area contributed by atoms with Gasteiger partial charge in [0.1, 0.15) is 6.61 Å². The van der Waals surface area contributed by atoms with E-state index in [0.717, 1.165) is 33.4 Å². The first-order valence-electron chi connectivity index (χ1n) is 9.46. The monoisotopic (exact) mass is 393 g/mol. The number of aromatic amines is 1. The van der Waals surface area contributed by atoms with Gasteiger partial charge in [-0.2, -0.15) is 5.10 Å². The van der Waals surface area contributed by atoms with Crippen molar-refractivity contribution in [2.24, 2.45) is 0 Å². The molecule has 146 valence electrons. The second-order valence-corrected chi connectivity index (χ2v) is 6.57. The van der Waals surface area contributed by atoms with Crippen LogP contribution in [-0.4, -0.2) is 27.8 Å². The molecule has 0 radical (unpaired) electrons. The molecule has 0 atom stereocenters. The third-order valence-electron chi connectivity index (χ3n) is 4.57. The van der Waals surface area contributed by atoms with Crippen LogP contribution in [0.25, 0.3) is 23.1 Å². The van der Waals surface area contributed by atoms with E-state index in [2.05, 4.69) is 27.4 Å². The van der Waals surface area contributed by atoms with Gasteiger partial charge in [0.15, 0.2) is 0 Å². The molecule has 5 heteroatoms. The van der Waals surface area contributed by atoms with Crippen LogP contribution in [0.3, 0.4) is 0 Å². The first-order chi connectivity index (χ1) is 14.7. The predicted octanol–water partition coefficient (Wildman–Crippen LogP) is 4.33. The molecule has 0 aliphatic carbocycles. The Balaban J connectivity index is 1.61. The van der Waals surface area contributed by atoms with Gasteiger partial charge in [-0.3, -0.25) is 9.89 Å². The van der Waals surface area contributed by atoms with Gasteiger partial charge < -0.3 is 10.4 Å². The summed E-state index contributed by atoms with van der Waals surface area (Å²) in [5, 5.41) is 20.1. The number of amides is 1. The van der Waals surface area contributed by atoms with E-state index < -0.39 is 0 Å². The number of aliphatic hydroxyl groups is 1. The summed E-state index contributed by atoms with van der Waals surface area (Å²) in [4.78, 5) is 12.5. The van der Waals surface area contributed by atoms with Crippen molar-refractivity contribution in [1.29, 1.82) is 0 Å². The maximum Gasteiger partial charge on any atom is 0.255 e. The maximum atomic E-state index is 12.5. The Morgan fingerprint density at radius 2 is 1.83 bits per heavy atom. The number of anilines is 1. The first kappa shape index (κ1) is 19.2. The molecule has 3 aromatic carbocycles. The van der Waals surface area contributed by atoms with Crippen LogP contribution >= 0.6 is 0 Å². The van der Waals surface area contributed by atoms with Crippen molar-refractivity contribution in [2.45, 2.75) is 0 Å². The number of para-hydroxylation sites is 1. The molecule has 4 rings (SSSR count). The summed E-state index contributed by atoms with van der Waals surface area (Å²) in [5.74, 6) is 5.41. The van der Waals surface area contributed by atoms with Gasteiger partial charge in [-0.15, -0.1) is 0 Å². The molecule has 1 aromatic heterocycles. The molecule has 0 saturated carbocycles. The Morgan fingerprint density at radius 1 is 1.03 bits per heavy atom. The fourth-order valence-electron chi connectivity index (χ4n) is 3.09. The Morgan fingerprint density at radius 3 is 2.67 bits per heavy atom. The lowest BCUT2D eigenvalue weighted by Gasteiger charge is -2.08. The number of fused-ring (bicyclic) bond motifs is 1. The average molecular weight is 393 g/mol. The van der Waals surface area contributed by atoms with Crippen molar-refractivity contribution in [1.82, 2.24) is 10.2 Å². The SMILES string of the molecule is O=C(Nc1ccccc1/C=C/c1[nH]nc2ccc(C#CCO)cc12)c1ccccc1. The van der Waals surface area contributed by atoms with Gasteiger partial charge in [0.05, 0.1) is 11.2 Å². The minimum atomic E-state index is -0.179. The molecule has 5 nitrogen and oxygen atoms in total. The first-order valence-corrected chi connectivity index (χ1v) is 9.46. The molecule has 0 spiro atoms. The number of nitrogens with one attached hydrogen (secondary N) is 2. The van der Waals surface area contributed by atoms with E-state index in [1.807, 2.05) is 72.8 Å². The minimum absolute atomic E-state index is 0.157. The van der Waals surface area contributed by atoms with E-state index in [0.29, 0.717) is 5.56 Å². The molecule has 0 aliphatic heterocycles. The summed E-state index contributed by atoms with van der Waals surface area (Å²) < 4.78 is 0. The van der Waals surface area contributed by atoms with Crippen molar-refractivity contribution >= 4 is 34.6 Å². The highest BCUT2D eigenvalue weighted by molar-refractivity contribution is 6.05. The fraction of sp³-hybridized carbons (Fsp3) is 0.0400. The van der Waals surface area contributed by atoms with Crippen LogP contribution in [0.15, 0.2) is 72.8 Å². The normalized spacial score (nSPS) is 10.7. The van der Waals surface area contributed by atoms with E-state index in [-0.39, 0.29) is 12.5 Å². The summed E-state index contributed by atoms with van der Waals surface area (Å²) in [6.07, 6.45) is 3.85. The van der Waals surface area contributed by atoms with Crippen molar-refractivity contribution in [3.63, 3.8) is 0 Å². The molecule has 0 fully saturated rings. The van der Waals surface area contributed by atoms with Gasteiger partial charge in [0.25, 0.3) is 5.91 Å². The summed E-state index contributed by atoms with van der Waals surface area (Å²) in [6.45, 7) is -0.179.